The maximum Gasteiger partial charge on any atom is 0.339 e. The molecule has 0 radical (unpaired) electrons. The molecule has 0 amide bonds. The Morgan fingerprint density at radius 1 is 1.16 bits per heavy atom. The van der Waals surface area contributed by atoms with Crippen molar-refractivity contribution in [1.82, 2.24) is 0 Å². The SMILES string of the molecule is N#Cc1ccc2c(c1)C(=O)O[C@H]2c1ccc(F)cc1. The minimum atomic E-state index is -0.532. The van der Waals surface area contributed by atoms with E-state index in [0.29, 0.717) is 22.3 Å². The molecule has 2 aromatic carbocycles. The van der Waals surface area contributed by atoms with E-state index in [0.717, 1.165) is 0 Å². The molecule has 1 atom stereocenters. The van der Waals surface area contributed by atoms with Crippen molar-refractivity contribution >= 4 is 5.97 Å². The summed E-state index contributed by atoms with van der Waals surface area (Å²) in [7, 11) is 0. The van der Waals surface area contributed by atoms with Crippen LogP contribution < -0.4 is 0 Å². The zero-order chi connectivity index (χ0) is 13.4. The Morgan fingerprint density at radius 2 is 1.89 bits per heavy atom. The third kappa shape index (κ3) is 1.85. The normalized spacial score (nSPS) is 16.6. The molecule has 1 aliphatic heterocycles. The van der Waals surface area contributed by atoms with Gasteiger partial charge in [-0.3, -0.25) is 0 Å². The van der Waals surface area contributed by atoms with E-state index >= 15 is 0 Å². The van der Waals surface area contributed by atoms with Crippen LogP contribution in [0.3, 0.4) is 0 Å². The molecule has 0 bridgehead atoms. The highest BCUT2D eigenvalue weighted by molar-refractivity contribution is 5.95. The van der Waals surface area contributed by atoms with Crippen LogP contribution in [-0.2, 0) is 4.74 Å². The molecule has 2 aromatic rings. The van der Waals surface area contributed by atoms with Gasteiger partial charge >= 0.3 is 5.97 Å². The van der Waals surface area contributed by atoms with Crippen molar-refractivity contribution < 1.29 is 13.9 Å². The molecule has 0 fully saturated rings. The molecule has 0 saturated carbocycles. The second-order valence-electron chi connectivity index (χ2n) is 4.25. The van der Waals surface area contributed by atoms with Crippen LogP contribution in [-0.4, -0.2) is 5.97 Å². The fourth-order valence-corrected chi connectivity index (χ4v) is 2.15. The fraction of sp³-hybridized carbons (Fsp3) is 0.0667. The zero-order valence-electron chi connectivity index (χ0n) is 9.76. The molecule has 92 valence electrons. The highest BCUT2D eigenvalue weighted by atomic mass is 19.1. The summed E-state index contributed by atoms with van der Waals surface area (Å²) in [5, 5.41) is 8.82. The number of cyclic esters (lactones) is 1. The van der Waals surface area contributed by atoms with Gasteiger partial charge in [-0.25, -0.2) is 9.18 Å². The Labute approximate surface area is 108 Å². The largest absolute Gasteiger partial charge is 0.449 e. The summed E-state index contributed by atoms with van der Waals surface area (Å²) in [4.78, 5) is 11.8. The molecule has 19 heavy (non-hydrogen) atoms. The van der Waals surface area contributed by atoms with E-state index < -0.39 is 12.1 Å². The van der Waals surface area contributed by atoms with Crippen molar-refractivity contribution in [3.63, 3.8) is 0 Å². The third-order valence-electron chi connectivity index (χ3n) is 3.08. The second-order valence-corrected chi connectivity index (χ2v) is 4.25. The van der Waals surface area contributed by atoms with Crippen molar-refractivity contribution in [3.8, 4) is 6.07 Å². The van der Waals surface area contributed by atoms with Crippen LogP contribution in [0, 0.1) is 17.1 Å². The minimum Gasteiger partial charge on any atom is -0.449 e. The predicted octanol–water partition coefficient (Wildman–Crippen LogP) is 2.96. The van der Waals surface area contributed by atoms with Crippen LogP contribution in [0.5, 0.6) is 0 Å². The number of ether oxygens (including phenoxy) is 1. The molecule has 0 saturated heterocycles. The second kappa shape index (κ2) is 4.21. The van der Waals surface area contributed by atoms with Crippen molar-refractivity contribution in [2.75, 3.05) is 0 Å². The van der Waals surface area contributed by atoms with E-state index in [9.17, 15) is 9.18 Å². The number of hydrogen-bond donors (Lipinski definition) is 0. The van der Waals surface area contributed by atoms with Gasteiger partial charge in [-0.1, -0.05) is 18.2 Å². The number of fused-ring (bicyclic) bond motifs is 1. The van der Waals surface area contributed by atoms with Gasteiger partial charge in [-0.2, -0.15) is 5.26 Å². The maximum absolute atomic E-state index is 12.9. The predicted molar refractivity (Wildman–Crippen MR) is 64.8 cm³/mol. The highest BCUT2D eigenvalue weighted by Gasteiger charge is 2.32. The molecule has 1 heterocycles. The molecule has 1 aliphatic rings. The van der Waals surface area contributed by atoms with E-state index in [4.69, 9.17) is 10.00 Å². The zero-order valence-corrected chi connectivity index (χ0v) is 9.76. The molecule has 4 heteroatoms. The fourth-order valence-electron chi connectivity index (χ4n) is 2.15. The summed E-state index contributed by atoms with van der Waals surface area (Å²) in [6.07, 6.45) is -0.532. The van der Waals surface area contributed by atoms with Crippen molar-refractivity contribution in [1.29, 1.82) is 5.26 Å². The van der Waals surface area contributed by atoms with E-state index in [1.54, 1.807) is 24.3 Å². The van der Waals surface area contributed by atoms with E-state index in [-0.39, 0.29) is 5.82 Å². The number of nitriles is 1. The van der Waals surface area contributed by atoms with Gasteiger partial charge in [0.15, 0.2) is 6.10 Å². The topological polar surface area (TPSA) is 50.1 Å². The van der Waals surface area contributed by atoms with E-state index in [1.807, 2.05) is 6.07 Å². The number of benzene rings is 2. The van der Waals surface area contributed by atoms with Gasteiger partial charge in [-0.05, 0) is 29.8 Å². The van der Waals surface area contributed by atoms with Gasteiger partial charge in [0.25, 0.3) is 0 Å². The van der Waals surface area contributed by atoms with E-state index in [1.165, 1.54) is 18.2 Å². The maximum atomic E-state index is 12.9. The Balaban J connectivity index is 2.07. The molecule has 0 N–H and O–H groups in total. The first kappa shape index (κ1) is 11.4. The van der Waals surface area contributed by atoms with Gasteiger partial charge in [0.05, 0.1) is 17.2 Å². The lowest BCUT2D eigenvalue weighted by molar-refractivity contribution is 0.0456. The average molecular weight is 253 g/mol. The number of esters is 1. The van der Waals surface area contributed by atoms with Crippen molar-refractivity contribution in [2.24, 2.45) is 0 Å². The summed E-state index contributed by atoms with van der Waals surface area (Å²) in [6.45, 7) is 0. The van der Waals surface area contributed by atoms with Crippen molar-refractivity contribution in [3.05, 3.63) is 70.5 Å². The third-order valence-corrected chi connectivity index (χ3v) is 3.08. The van der Waals surface area contributed by atoms with Crippen LogP contribution in [0.25, 0.3) is 0 Å². The number of rotatable bonds is 1. The van der Waals surface area contributed by atoms with Gasteiger partial charge < -0.3 is 4.74 Å². The first-order valence-electron chi connectivity index (χ1n) is 5.69. The Morgan fingerprint density at radius 3 is 2.58 bits per heavy atom. The minimum absolute atomic E-state index is 0.340. The molecule has 0 spiro atoms. The van der Waals surface area contributed by atoms with Gasteiger partial charge in [0.1, 0.15) is 5.82 Å². The standard InChI is InChI=1S/C15H8FNO2/c16-11-4-2-10(3-5-11)14-12-6-1-9(8-17)7-13(12)15(18)19-14/h1-7,14H/t14-/m0/s1. The summed E-state index contributed by atoms with van der Waals surface area (Å²) < 4.78 is 18.2. The van der Waals surface area contributed by atoms with Crippen LogP contribution >= 0.6 is 0 Å². The smallest absolute Gasteiger partial charge is 0.339 e. The van der Waals surface area contributed by atoms with Crippen LogP contribution in [0.2, 0.25) is 0 Å². The molecule has 3 rings (SSSR count). The summed E-state index contributed by atoms with van der Waals surface area (Å²) in [5.41, 5.74) is 2.22. The lowest BCUT2D eigenvalue weighted by Crippen LogP contribution is -2.00. The molecule has 0 aliphatic carbocycles. The number of carbonyl (C=O) groups is 1. The first-order valence-corrected chi connectivity index (χ1v) is 5.69. The lowest BCUT2D eigenvalue weighted by atomic mass is 9.98. The number of halogens is 1. The van der Waals surface area contributed by atoms with Gasteiger partial charge in [0, 0.05) is 5.56 Å². The average Bonchev–Trinajstić information content (AvgIpc) is 2.76. The van der Waals surface area contributed by atoms with Crippen LogP contribution in [0.15, 0.2) is 42.5 Å². The summed E-state index contributed by atoms with van der Waals surface area (Å²) >= 11 is 0. The Hall–Kier alpha value is -2.67. The van der Waals surface area contributed by atoms with E-state index in [2.05, 4.69) is 0 Å². The molecular formula is C15H8FNO2. The van der Waals surface area contributed by atoms with Crippen LogP contribution in [0.1, 0.15) is 33.2 Å². The molecule has 3 nitrogen and oxygen atoms in total. The van der Waals surface area contributed by atoms with Crippen molar-refractivity contribution in [2.45, 2.75) is 6.10 Å². The molecular weight excluding hydrogens is 245 g/mol. The Bertz CT molecular complexity index is 701. The lowest BCUT2D eigenvalue weighted by Gasteiger charge is -2.10. The monoisotopic (exact) mass is 253 g/mol. The van der Waals surface area contributed by atoms with Crippen LogP contribution in [0.4, 0.5) is 4.39 Å². The van der Waals surface area contributed by atoms with Gasteiger partial charge in [-0.15, -0.1) is 0 Å². The quantitative estimate of drug-likeness (QED) is 0.734. The summed E-state index contributed by atoms with van der Waals surface area (Å²) in [6, 6.07) is 12.7. The van der Waals surface area contributed by atoms with Gasteiger partial charge in [0.2, 0.25) is 0 Å². The number of carbonyl (C=O) groups excluding carboxylic acids is 1. The Kier molecular flexibility index (Phi) is 2.53. The summed E-state index contributed by atoms with van der Waals surface area (Å²) in [5.74, 6) is -0.797. The highest BCUT2D eigenvalue weighted by Crippen LogP contribution is 2.36. The molecule has 0 aromatic heterocycles. The number of nitrogens with zero attached hydrogens (tertiary/aromatic N) is 1. The number of hydrogen-bond acceptors (Lipinski definition) is 3. The molecule has 0 unspecified atom stereocenters. The first-order chi connectivity index (χ1) is 9.19.